The Morgan fingerprint density at radius 2 is 1.65 bits per heavy atom. The average Bonchev–Trinajstić information content (AvgIpc) is 3.05. The fourth-order valence-corrected chi connectivity index (χ4v) is 3.94. The van der Waals surface area contributed by atoms with Gasteiger partial charge in [-0.3, -0.25) is 14.6 Å². The smallest absolute Gasteiger partial charge is 0.308 e. The van der Waals surface area contributed by atoms with Gasteiger partial charge < -0.3 is 9.47 Å². The second-order valence-electron chi connectivity index (χ2n) is 7.19. The summed E-state index contributed by atoms with van der Waals surface area (Å²) in [5.74, 6) is -2.74. The molecule has 3 rings (SSSR count). The Bertz CT molecular complexity index is 438. The Hall–Kier alpha value is -0.210. The standard InChI is InChI=1S/C17H28F2N2O3.2ClH/c1-2-23-15(22)13-5-7-14(8-6-13)24-16(20-9-3-4-10-20)21-11-17(18,19)12-21;;/h13-14,16H,2-12H2,1H3;2*1H/t13-,14-,16?;;. The molecule has 3 aliphatic rings. The largest absolute Gasteiger partial charge is 0.466 e. The molecule has 9 heteroatoms. The molecular formula is C17H30Cl2F2N2O3. The van der Waals surface area contributed by atoms with Gasteiger partial charge in [0.25, 0.3) is 5.92 Å². The van der Waals surface area contributed by atoms with E-state index in [1.165, 1.54) is 0 Å². The lowest BCUT2D eigenvalue weighted by Crippen LogP contribution is -2.65. The number of carbonyl (C=O) groups excluding carboxylic acids is 1. The fraction of sp³-hybridized carbons (Fsp3) is 0.941. The number of ether oxygens (including phenoxy) is 2. The van der Waals surface area contributed by atoms with Crippen LogP contribution in [0, 0.1) is 5.92 Å². The average molecular weight is 419 g/mol. The van der Waals surface area contributed by atoms with Crippen LogP contribution in [0.3, 0.4) is 0 Å². The number of carbonyl (C=O) groups is 1. The van der Waals surface area contributed by atoms with Gasteiger partial charge >= 0.3 is 5.97 Å². The molecule has 1 saturated carbocycles. The number of likely N-dealkylation sites (tertiary alicyclic amines) is 2. The second-order valence-corrected chi connectivity index (χ2v) is 7.19. The van der Waals surface area contributed by atoms with Crippen molar-refractivity contribution in [3.8, 4) is 0 Å². The van der Waals surface area contributed by atoms with Crippen LogP contribution in [-0.4, -0.2) is 66.9 Å². The highest BCUT2D eigenvalue weighted by molar-refractivity contribution is 5.85. The van der Waals surface area contributed by atoms with E-state index in [9.17, 15) is 13.6 Å². The maximum atomic E-state index is 13.3. The van der Waals surface area contributed by atoms with Crippen LogP contribution in [0.2, 0.25) is 0 Å². The van der Waals surface area contributed by atoms with Gasteiger partial charge in [-0.2, -0.15) is 0 Å². The highest BCUT2D eigenvalue weighted by Gasteiger charge is 2.49. The molecule has 1 atom stereocenters. The number of esters is 1. The molecule has 0 aromatic rings. The summed E-state index contributed by atoms with van der Waals surface area (Å²) in [5.41, 5.74) is 0. The summed E-state index contributed by atoms with van der Waals surface area (Å²) < 4.78 is 37.8. The van der Waals surface area contributed by atoms with Crippen LogP contribution in [0.5, 0.6) is 0 Å². The number of nitrogens with zero attached hydrogens (tertiary/aromatic N) is 2. The first-order valence-electron chi connectivity index (χ1n) is 9.16. The van der Waals surface area contributed by atoms with Gasteiger partial charge in [0.05, 0.1) is 31.7 Å². The van der Waals surface area contributed by atoms with Crippen LogP contribution in [-0.2, 0) is 14.3 Å². The normalized spacial score (nSPS) is 29.8. The zero-order valence-electron chi connectivity index (χ0n) is 15.2. The monoisotopic (exact) mass is 418 g/mol. The van der Waals surface area contributed by atoms with E-state index in [1.807, 2.05) is 6.92 Å². The molecule has 0 bridgehead atoms. The van der Waals surface area contributed by atoms with Crippen LogP contribution in [0.15, 0.2) is 0 Å². The third kappa shape index (κ3) is 5.89. The highest BCUT2D eigenvalue weighted by atomic mass is 35.5. The molecule has 0 spiro atoms. The maximum absolute atomic E-state index is 13.3. The third-order valence-corrected chi connectivity index (χ3v) is 5.24. The van der Waals surface area contributed by atoms with Crippen LogP contribution >= 0.6 is 24.8 Å². The minimum Gasteiger partial charge on any atom is -0.466 e. The molecule has 2 saturated heterocycles. The second kappa shape index (κ2) is 10.4. The number of halogens is 4. The lowest BCUT2D eigenvalue weighted by atomic mass is 9.87. The van der Waals surface area contributed by atoms with Gasteiger partial charge in [-0.05, 0) is 45.4 Å². The number of hydrogen-bond acceptors (Lipinski definition) is 5. The Balaban J connectivity index is 0.00000169. The van der Waals surface area contributed by atoms with Crippen molar-refractivity contribution in [1.29, 1.82) is 0 Å². The van der Waals surface area contributed by atoms with E-state index in [4.69, 9.17) is 9.47 Å². The van der Waals surface area contributed by atoms with Crippen molar-refractivity contribution in [3.63, 3.8) is 0 Å². The first-order chi connectivity index (χ1) is 11.5. The first-order valence-corrected chi connectivity index (χ1v) is 9.16. The molecule has 3 fully saturated rings. The molecule has 0 radical (unpaired) electrons. The number of hydrogen-bond donors (Lipinski definition) is 0. The van der Waals surface area contributed by atoms with E-state index in [2.05, 4.69) is 4.90 Å². The third-order valence-electron chi connectivity index (χ3n) is 5.24. The molecule has 1 unspecified atom stereocenters. The summed E-state index contributed by atoms with van der Waals surface area (Å²) >= 11 is 0. The molecule has 0 amide bonds. The zero-order valence-corrected chi connectivity index (χ0v) is 16.8. The van der Waals surface area contributed by atoms with Crippen molar-refractivity contribution in [2.45, 2.75) is 63.8 Å². The van der Waals surface area contributed by atoms with E-state index >= 15 is 0 Å². The SMILES string of the molecule is CCOC(=O)[C@H]1CC[C@H](OC(N2CCCC2)N2CC(F)(F)C2)CC1.Cl.Cl. The van der Waals surface area contributed by atoms with Gasteiger partial charge in [0.2, 0.25) is 0 Å². The predicted molar refractivity (Wildman–Crippen MR) is 99.1 cm³/mol. The number of alkyl halides is 2. The minimum absolute atomic E-state index is 0. The first kappa shape index (κ1) is 23.8. The predicted octanol–water partition coefficient (Wildman–Crippen LogP) is 3.30. The van der Waals surface area contributed by atoms with Crippen molar-refractivity contribution in [2.24, 2.45) is 5.92 Å². The van der Waals surface area contributed by atoms with Crippen LogP contribution in [0.1, 0.15) is 45.4 Å². The van der Waals surface area contributed by atoms with E-state index in [-0.39, 0.29) is 62.2 Å². The van der Waals surface area contributed by atoms with Crippen molar-refractivity contribution in [1.82, 2.24) is 9.80 Å². The van der Waals surface area contributed by atoms with Crippen molar-refractivity contribution in [2.75, 3.05) is 32.8 Å². The Kier molecular flexibility index (Phi) is 9.50. The Labute approximate surface area is 166 Å². The minimum atomic E-state index is -2.58. The summed E-state index contributed by atoms with van der Waals surface area (Å²) in [6.07, 6.45) is 4.99. The van der Waals surface area contributed by atoms with E-state index < -0.39 is 5.92 Å². The van der Waals surface area contributed by atoms with E-state index in [0.29, 0.717) is 6.61 Å². The molecule has 26 heavy (non-hydrogen) atoms. The molecule has 154 valence electrons. The summed E-state index contributed by atoms with van der Waals surface area (Å²) in [6.45, 7) is 3.61. The topological polar surface area (TPSA) is 42.0 Å². The number of rotatable bonds is 6. The summed E-state index contributed by atoms with van der Waals surface area (Å²) in [5, 5.41) is 0. The molecular weight excluding hydrogens is 389 g/mol. The van der Waals surface area contributed by atoms with Gasteiger partial charge in [0, 0.05) is 13.1 Å². The zero-order chi connectivity index (χ0) is 17.2. The molecule has 0 aromatic carbocycles. The van der Waals surface area contributed by atoms with Gasteiger partial charge in [0.1, 0.15) is 0 Å². The summed E-state index contributed by atoms with van der Waals surface area (Å²) in [4.78, 5) is 15.7. The van der Waals surface area contributed by atoms with Crippen LogP contribution in [0.25, 0.3) is 0 Å². The van der Waals surface area contributed by atoms with E-state index in [0.717, 1.165) is 51.6 Å². The van der Waals surface area contributed by atoms with Gasteiger partial charge in [0.15, 0.2) is 6.35 Å². The molecule has 2 aliphatic heterocycles. The lowest BCUT2D eigenvalue weighted by Gasteiger charge is -2.47. The molecule has 5 nitrogen and oxygen atoms in total. The van der Waals surface area contributed by atoms with Crippen LogP contribution < -0.4 is 0 Å². The van der Waals surface area contributed by atoms with Crippen molar-refractivity contribution < 1.29 is 23.0 Å². The summed E-state index contributed by atoms with van der Waals surface area (Å²) in [6, 6.07) is 0. The van der Waals surface area contributed by atoms with E-state index in [1.54, 1.807) is 4.90 Å². The Morgan fingerprint density at radius 3 is 2.15 bits per heavy atom. The van der Waals surface area contributed by atoms with Crippen LogP contribution in [0.4, 0.5) is 8.78 Å². The van der Waals surface area contributed by atoms with Gasteiger partial charge in [-0.1, -0.05) is 0 Å². The fourth-order valence-electron chi connectivity index (χ4n) is 3.94. The van der Waals surface area contributed by atoms with Crippen molar-refractivity contribution >= 4 is 30.8 Å². The molecule has 0 N–H and O–H groups in total. The quantitative estimate of drug-likeness (QED) is 0.619. The van der Waals surface area contributed by atoms with Crippen molar-refractivity contribution in [3.05, 3.63) is 0 Å². The maximum Gasteiger partial charge on any atom is 0.308 e. The highest BCUT2D eigenvalue weighted by Crippen LogP contribution is 2.34. The molecule has 1 aliphatic carbocycles. The lowest BCUT2D eigenvalue weighted by molar-refractivity contribution is -0.255. The molecule has 2 heterocycles. The summed E-state index contributed by atoms with van der Waals surface area (Å²) in [7, 11) is 0. The Morgan fingerprint density at radius 1 is 1.08 bits per heavy atom. The van der Waals surface area contributed by atoms with Gasteiger partial charge in [-0.25, -0.2) is 8.78 Å². The molecule has 0 aromatic heterocycles. The van der Waals surface area contributed by atoms with Gasteiger partial charge in [-0.15, -0.1) is 24.8 Å².